The summed E-state index contributed by atoms with van der Waals surface area (Å²) in [6.07, 6.45) is 1.89. The third kappa shape index (κ3) is 6.80. The highest BCUT2D eigenvalue weighted by Crippen LogP contribution is 2.43. The summed E-state index contributed by atoms with van der Waals surface area (Å²) in [5.41, 5.74) is 9.73. The summed E-state index contributed by atoms with van der Waals surface area (Å²) in [4.78, 5) is 11.3. The topological polar surface area (TPSA) is 50.9 Å². The highest BCUT2D eigenvalue weighted by Gasteiger charge is 2.27. The van der Waals surface area contributed by atoms with E-state index in [0.29, 0.717) is 5.75 Å². The number of nitrogens with zero attached hydrogens (tertiary/aromatic N) is 3. The van der Waals surface area contributed by atoms with Crippen molar-refractivity contribution in [1.82, 2.24) is 14.5 Å². The van der Waals surface area contributed by atoms with Gasteiger partial charge in [0, 0.05) is 33.0 Å². The van der Waals surface area contributed by atoms with Gasteiger partial charge in [0.1, 0.15) is 16.4 Å². The van der Waals surface area contributed by atoms with Gasteiger partial charge in [0.15, 0.2) is 0 Å². The maximum absolute atomic E-state index is 12.0. The molecule has 3 aromatic heterocycles. The van der Waals surface area contributed by atoms with Crippen LogP contribution in [-0.2, 0) is 16.2 Å². The molecule has 0 saturated carbocycles. The van der Waals surface area contributed by atoms with Crippen molar-refractivity contribution in [2.75, 3.05) is 0 Å². The quantitative estimate of drug-likeness (QED) is 0.195. The molecule has 0 amide bonds. The van der Waals surface area contributed by atoms with E-state index >= 15 is 0 Å². The van der Waals surface area contributed by atoms with E-state index in [2.05, 4.69) is 170 Å². The number of hydrogen-bond acceptors (Lipinski definition) is 4. The van der Waals surface area contributed by atoms with E-state index in [1.54, 1.807) is 11.8 Å². The first-order valence-electron chi connectivity index (χ1n) is 17.7. The van der Waals surface area contributed by atoms with Gasteiger partial charge in [-0.3, -0.25) is 4.57 Å². The summed E-state index contributed by atoms with van der Waals surface area (Å²) in [7, 11) is 0. The minimum absolute atomic E-state index is 0.0772. The van der Waals surface area contributed by atoms with Crippen LogP contribution < -0.4 is 0 Å². The molecule has 0 aliphatic rings. The molecular weight excluding hydrogens is 643 g/mol. The highest BCUT2D eigenvalue weighted by molar-refractivity contribution is 7.99. The molecule has 7 rings (SSSR count). The Balaban J connectivity index is 1.42. The fourth-order valence-corrected chi connectivity index (χ4v) is 7.59. The van der Waals surface area contributed by atoms with Crippen molar-refractivity contribution in [3.8, 4) is 33.8 Å². The zero-order valence-corrected chi connectivity index (χ0v) is 32.0. The largest absolute Gasteiger partial charge is 0.505 e. The molecule has 51 heavy (non-hydrogen) atoms. The maximum atomic E-state index is 12.0. The number of para-hydroxylation sites is 1. The molecule has 0 aliphatic carbocycles. The molecule has 0 aliphatic heterocycles. The van der Waals surface area contributed by atoms with Gasteiger partial charge in [-0.05, 0) is 93.1 Å². The summed E-state index contributed by atoms with van der Waals surface area (Å²) >= 11 is 1.68. The second-order valence-electron chi connectivity index (χ2n) is 16.7. The monoisotopic (exact) mass is 689 g/mol. The average molecular weight is 690 g/mol. The van der Waals surface area contributed by atoms with E-state index < -0.39 is 0 Å². The normalized spacial score (nSPS) is 12.6. The first kappa shape index (κ1) is 34.6. The summed E-state index contributed by atoms with van der Waals surface area (Å²) in [6, 6.07) is 38.5. The Kier molecular flexibility index (Phi) is 8.62. The first-order valence-corrected chi connectivity index (χ1v) is 18.5. The standard InChI is InChI=1S/C46H47N3OS/c1-44(2,3)32-23-31(24-34(26-32)51-41-25-30(21-22-47-41)29-15-11-10-12-16-29)38-20-19-36-35-17-13-14-18-39(35)49(43(36)48-38)40-28-33(45(4,5)6)27-37(42(40)50)46(7,8)9/h10-28,50H,1-9H3. The minimum atomic E-state index is -0.256. The Morgan fingerprint density at radius 1 is 0.588 bits per heavy atom. The lowest BCUT2D eigenvalue weighted by Crippen LogP contribution is -2.18. The molecule has 5 heteroatoms. The first-order chi connectivity index (χ1) is 24.1. The molecule has 258 valence electrons. The van der Waals surface area contributed by atoms with Crippen LogP contribution in [0.3, 0.4) is 0 Å². The summed E-state index contributed by atoms with van der Waals surface area (Å²) < 4.78 is 2.16. The van der Waals surface area contributed by atoms with Crippen LogP contribution in [0.5, 0.6) is 5.75 Å². The van der Waals surface area contributed by atoms with E-state index in [9.17, 15) is 5.11 Å². The highest BCUT2D eigenvalue weighted by atomic mass is 32.2. The zero-order valence-electron chi connectivity index (χ0n) is 31.2. The van der Waals surface area contributed by atoms with Crippen LogP contribution in [0.2, 0.25) is 0 Å². The van der Waals surface area contributed by atoms with Crippen molar-refractivity contribution in [2.24, 2.45) is 0 Å². The van der Waals surface area contributed by atoms with E-state index in [4.69, 9.17) is 9.97 Å². The van der Waals surface area contributed by atoms with Crippen LogP contribution in [0.4, 0.5) is 0 Å². The van der Waals surface area contributed by atoms with Crippen molar-refractivity contribution in [3.05, 3.63) is 132 Å². The summed E-state index contributed by atoms with van der Waals surface area (Å²) in [6.45, 7) is 19.9. The van der Waals surface area contributed by atoms with Crippen LogP contribution in [0.15, 0.2) is 125 Å². The van der Waals surface area contributed by atoms with Gasteiger partial charge in [0.05, 0.1) is 16.9 Å². The predicted molar refractivity (Wildman–Crippen MR) is 216 cm³/mol. The number of phenolic OH excluding ortho intramolecular Hbond substituents is 1. The lowest BCUT2D eigenvalue weighted by atomic mass is 9.79. The van der Waals surface area contributed by atoms with Crippen LogP contribution >= 0.6 is 11.8 Å². The number of phenols is 1. The lowest BCUT2D eigenvalue weighted by molar-refractivity contribution is 0.442. The van der Waals surface area contributed by atoms with Gasteiger partial charge >= 0.3 is 0 Å². The molecule has 0 spiro atoms. The fraction of sp³-hybridized carbons (Fsp3) is 0.261. The van der Waals surface area contributed by atoms with E-state index in [0.717, 1.165) is 59.9 Å². The molecule has 0 saturated heterocycles. The summed E-state index contributed by atoms with van der Waals surface area (Å²) in [5, 5.41) is 15.1. The Morgan fingerprint density at radius 2 is 1.27 bits per heavy atom. The number of hydrogen-bond donors (Lipinski definition) is 1. The molecule has 0 bridgehead atoms. The molecular formula is C46H47N3OS. The van der Waals surface area contributed by atoms with E-state index in [1.807, 2.05) is 12.3 Å². The van der Waals surface area contributed by atoms with Crippen molar-refractivity contribution >= 4 is 33.7 Å². The van der Waals surface area contributed by atoms with Gasteiger partial charge in [-0.1, -0.05) is 129 Å². The van der Waals surface area contributed by atoms with Gasteiger partial charge in [-0.2, -0.15) is 0 Å². The van der Waals surface area contributed by atoms with Crippen molar-refractivity contribution in [1.29, 1.82) is 0 Å². The summed E-state index contributed by atoms with van der Waals surface area (Å²) in [5.74, 6) is 0.295. The van der Waals surface area contributed by atoms with Crippen molar-refractivity contribution in [3.63, 3.8) is 0 Å². The molecule has 1 N–H and O–H groups in total. The van der Waals surface area contributed by atoms with Crippen molar-refractivity contribution < 1.29 is 5.11 Å². The maximum Gasteiger partial charge on any atom is 0.146 e. The van der Waals surface area contributed by atoms with Gasteiger partial charge in [-0.15, -0.1) is 0 Å². The molecule has 4 aromatic carbocycles. The molecule has 0 fully saturated rings. The predicted octanol–water partition coefficient (Wildman–Crippen LogP) is 12.7. The number of rotatable bonds is 5. The SMILES string of the molecule is CC(C)(C)c1cc(Sc2cc(-c3ccccc3)ccn2)cc(-c2ccc3c4ccccc4n(-c4cc(C(C)(C)C)cc(C(C)(C)C)c4O)c3n2)c1. The number of aromatic hydroxyl groups is 1. The van der Waals surface area contributed by atoms with Crippen LogP contribution in [0.25, 0.3) is 50.0 Å². The Bertz CT molecular complexity index is 2400. The molecule has 7 aromatic rings. The number of aromatic nitrogens is 3. The lowest BCUT2D eigenvalue weighted by Gasteiger charge is -2.28. The second-order valence-corrected chi connectivity index (χ2v) is 17.8. The van der Waals surface area contributed by atoms with Gasteiger partial charge < -0.3 is 5.11 Å². The molecule has 3 heterocycles. The number of benzene rings is 4. The minimum Gasteiger partial charge on any atom is -0.505 e. The number of pyridine rings is 2. The Labute approximate surface area is 306 Å². The Morgan fingerprint density at radius 3 is 1.98 bits per heavy atom. The van der Waals surface area contributed by atoms with Crippen LogP contribution in [0.1, 0.15) is 79.0 Å². The average Bonchev–Trinajstić information content (AvgIpc) is 3.41. The zero-order chi connectivity index (χ0) is 36.3. The fourth-order valence-electron chi connectivity index (χ4n) is 6.67. The van der Waals surface area contributed by atoms with E-state index in [1.165, 1.54) is 16.7 Å². The third-order valence-corrected chi connectivity index (χ3v) is 10.6. The van der Waals surface area contributed by atoms with Crippen LogP contribution in [-0.4, -0.2) is 19.6 Å². The smallest absolute Gasteiger partial charge is 0.146 e. The molecule has 0 atom stereocenters. The van der Waals surface area contributed by atoms with E-state index in [-0.39, 0.29) is 16.2 Å². The van der Waals surface area contributed by atoms with Crippen LogP contribution in [0, 0.1) is 0 Å². The molecule has 0 radical (unpaired) electrons. The number of fused-ring (bicyclic) bond motifs is 3. The molecule has 4 nitrogen and oxygen atoms in total. The Hall–Kier alpha value is -4.87. The molecule has 0 unspecified atom stereocenters. The van der Waals surface area contributed by atoms with Gasteiger partial charge in [0.2, 0.25) is 0 Å². The third-order valence-electron chi connectivity index (χ3n) is 9.66. The van der Waals surface area contributed by atoms with Gasteiger partial charge in [0.25, 0.3) is 0 Å². The van der Waals surface area contributed by atoms with Crippen molar-refractivity contribution in [2.45, 2.75) is 88.5 Å². The van der Waals surface area contributed by atoms with Gasteiger partial charge in [-0.25, -0.2) is 9.97 Å². The second kappa shape index (κ2) is 12.7.